The molecule has 8 heteroatoms. The quantitative estimate of drug-likeness (QED) is 0.603. The lowest BCUT2D eigenvalue weighted by Crippen LogP contribution is -2.46. The van der Waals surface area contributed by atoms with Crippen LogP contribution in [0.5, 0.6) is 0 Å². The third kappa shape index (κ3) is 3.81. The van der Waals surface area contributed by atoms with E-state index in [0.29, 0.717) is 25.2 Å². The molecule has 0 radical (unpaired) electrons. The molecule has 3 aromatic rings. The number of rotatable bonds is 4. The number of aliphatic hydroxyl groups excluding tert-OH is 1. The number of nitrogens with zero attached hydrogens (tertiary/aromatic N) is 6. The first-order valence-electron chi connectivity index (χ1n) is 13.6. The van der Waals surface area contributed by atoms with Crippen LogP contribution in [-0.2, 0) is 4.74 Å². The smallest absolute Gasteiger partial charge is 0.159 e. The SMILES string of the molecule is Cc1nc(N2CC3CCC2C3)cc(-n2ncc3cc(C)c(C4CCN(C5COCC5O)CC4)cc32)n1. The molecule has 4 unspecified atom stereocenters. The van der Waals surface area contributed by atoms with Crippen LogP contribution in [0.1, 0.15) is 55.0 Å². The van der Waals surface area contributed by atoms with Crippen LogP contribution in [0.25, 0.3) is 16.7 Å². The molecule has 4 fully saturated rings. The summed E-state index contributed by atoms with van der Waals surface area (Å²) in [7, 11) is 0. The largest absolute Gasteiger partial charge is 0.389 e. The molecular weight excluding hydrogens is 452 g/mol. The number of benzene rings is 1. The Kier molecular flexibility index (Phi) is 5.52. The molecule has 3 aliphatic heterocycles. The van der Waals surface area contributed by atoms with Gasteiger partial charge in [-0.2, -0.15) is 5.10 Å². The molecule has 4 aliphatic rings. The zero-order chi connectivity index (χ0) is 24.4. The number of fused-ring (bicyclic) bond motifs is 3. The second-order valence-corrected chi connectivity index (χ2v) is 11.4. The average molecular weight is 489 g/mol. The topological polar surface area (TPSA) is 79.5 Å². The molecule has 8 nitrogen and oxygen atoms in total. The molecule has 1 saturated carbocycles. The summed E-state index contributed by atoms with van der Waals surface area (Å²) in [6.45, 7) is 8.44. The third-order valence-electron chi connectivity index (χ3n) is 9.15. The van der Waals surface area contributed by atoms with E-state index in [-0.39, 0.29) is 12.1 Å². The monoisotopic (exact) mass is 488 g/mol. The van der Waals surface area contributed by atoms with Crippen molar-refractivity contribution < 1.29 is 9.84 Å². The number of hydrogen-bond acceptors (Lipinski definition) is 7. The van der Waals surface area contributed by atoms with Crippen LogP contribution in [0.2, 0.25) is 0 Å². The Morgan fingerprint density at radius 1 is 0.972 bits per heavy atom. The van der Waals surface area contributed by atoms with Crippen LogP contribution < -0.4 is 4.90 Å². The summed E-state index contributed by atoms with van der Waals surface area (Å²) < 4.78 is 7.50. The van der Waals surface area contributed by atoms with Gasteiger partial charge in [-0.25, -0.2) is 14.6 Å². The van der Waals surface area contributed by atoms with Gasteiger partial charge >= 0.3 is 0 Å². The fraction of sp³-hybridized carbons (Fsp3) is 0.607. The van der Waals surface area contributed by atoms with Crippen molar-refractivity contribution in [3.63, 3.8) is 0 Å². The van der Waals surface area contributed by atoms with E-state index in [9.17, 15) is 5.11 Å². The lowest BCUT2D eigenvalue weighted by molar-refractivity contribution is 0.0663. The van der Waals surface area contributed by atoms with E-state index in [1.165, 1.54) is 30.4 Å². The summed E-state index contributed by atoms with van der Waals surface area (Å²) in [5, 5.41) is 16.2. The first-order chi connectivity index (χ1) is 17.5. The number of aryl methyl sites for hydroxylation is 2. The molecule has 2 aromatic heterocycles. The lowest BCUT2D eigenvalue weighted by atomic mass is 9.85. The minimum absolute atomic E-state index is 0.150. The summed E-state index contributed by atoms with van der Waals surface area (Å²) in [4.78, 5) is 14.5. The lowest BCUT2D eigenvalue weighted by Gasteiger charge is -2.37. The van der Waals surface area contributed by atoms with Crippen molar-refractivity contribution in [3.8, 4) is 5.82 Å². The molecule has 36 heavy (non-hydrogen) atoms. The first kappa shape index (κ1) is 22.6. The standard InChI is InChI=1S/C28H36N6O2/c1-17-9-21-13-29-34(28-12-27(30-18(2)31-28)33-14-19-3-4-22(33)10-19)24(21)11-23(17)20-5-7-32(8-6-20)25-15-36-16-26(25)35/h9,11-13,19-20,22,25-26,35H,3-8,10,14-16H2,1-2H3. The molecule has 2 bridgehead atoms. The Balaban J connectivity index is 1.18. The Morgan fingerprint density at radius 3 is 2.53 bits per heavy atom. The molecule has 190 valence electrons. The Morgan fingerprint density at radius 2 is 1.81 bits per heavy atom. The number of anilines is 1. The summed E-state index contributed by atoms with van der Waals surface area (Å²) >= 11 is 0. The van der Waals surface area contributed by atoms with Crippen molar-refractivity contribution in [1.29, 1.82) is 0 Å². The molecule has 4 atom stereocenters. The van der Waals surface area contributed by atoms with Gasteiger partial charge in [0.05, 0.1) is 37.1 Å². The number of likely N-dealkylation sites (tertiary alicyclic amines) is 1. The van der Waals surface area contributed by atoms with Crippen molar-refractivity contribution in [1.82, 2.24) is 24.6 Å². The van der Waals surface area contributed by atoms with E-state index in [0.717, 1.165) is 66.8 Å². The van der Waals surface area contributed by atoms with Crippen LogP contribution in [0.3, 0.4) is 0 Å². The maximum atomic E-state index is 10.3. The number of piperidine rings is 2. The molecule has 7 rings (SSSR count). The molecular formula is C28H36N6O2. The highest BCUT2D eigenvalue weighted by Crippen LogP contribution is 2.40. The van der Waals surface area contributed by atoms with Crippen LogP contribution in [-0.4, -0.2) is 80.8 Å². The molecule has 0 amide bonds. The van der Waals surface area contributed by atoms with Gasteiger partial charge in [0.15, 0.2) is 5.82 Å². The highest BCUT2D eigenvalue weighted by molar-refractivity contribution is 5.82. The van der Waals surface area contributed by atoms with Crippen LogP contribution in [0.4, 0.5) is 5.82 Å². The summed E-state index contributed by atoms with van der Waals surface area (Å²) in [6, 6.07) is 7.54. The zero-order valence-electron chi connectivity index (χ0n) is 21.3. The Hall–Kier alpha value is -2.55. The second-order valence-electron chi connectivity index (χ2n) is 11.4. The highest BCUT2D eigenvalue weighted by atomic mass is 16.5. The van der Waals surface area contributed by atoms with Crippen molar-refractivity contribution in [2.75, 3.05) is 37.7 Å². The molecule has 1 aromatic carbocycles. The minimum Gasteiger partial charge on any atom is -0.389 e. The molecule has 0 spiro atoms. The van der Waals surface area contributed by atoms with Crippen molar-refractivity contribution in [3.05, 3.63) is 41.3 Å². The predicted octanol–water partition coefficient (Wildman–Crippen LogP) is 3.36. The number of ether oxygens (including phenoxy) is 1. The summed E-state index contributed by atoms with van der Waals surface area (Å²) in [6.07, 6.45) is 7.74. The number of aliphatic hydroxyl groups is 1. The highest BCUT2D eigenvalue weighted by Gasteiger charge is 2.39. The Bertz CT molecular complexity index is 1280. The fourth-order valence-corrected chi connectivity index (χ4v) is 7.25. The fourth-order valence-electron chi connectivity index (χ4n) is 7.25. The molecule has 1 aliphatic carbocycles. The van der Waals surface area contributed by atoms with Crippen molar-refractivity contribution >= 4 is 16.7 Å². The molecule has 5 heterocycles. The van der Waals surface area contributed by atoms with Gasteiger partial charge in [-0.05, 0) is 94.1 Å². The maximum absolute atomic E-state index is 10.3. The van der Waals surface area contributed by atoms with Gasteiger partial charge in [-0.15, -0.1) is 0 Å². The van der Waals surface area contributed by atoms with Crippen LogP contribution in [0.15, 0.2) is 24.4 Å². The van der Waals surface area contributed by atoms with Crippen LogP contribution in [0, 0.1) is 19.8 Å². The Labute approximate surface area is 212 Å². The van der Waals surface area contributed by atoms with Gasteiger partial charge in [0, 0.05) is 24.0 Å². The zero-order valence-corrected chi connectivity index (χ0v) is 21.3. The third-order valence-corrected chi connectivity index (χ3v) is 9.15. The van der Waals surface area contributed by atoms with E-state index >= 15 is 0 Å². The average Bonchev–Trinajstić information content (AvgIpc) is 3.68. The van der Waals surface area contributed by atoms with E-state index in [1.54, 1.807) is 0 Å². The maximum Gasteiger partial charge on any atom is 0.159 e. The second kappa shape index (κ2) is 8.78. The van der Waals surface area contributed by atoms with Gasteiger partial charge < -0.3 is 14.7 Å². The van der Waals surface area contributed by atoms with Gasteiger partial charge in [0.25, 0.3) is 0 Å². The van der Waals surface area contributed by atoms with E-state index < -0.39 is 0 Å². The van der Waals surface area contributed by atoms with Gasteiger partial charge in [0.2, 0.25) is 0 Å². The number of aromatic nitrogens is 4. The first-order valence-corrected chi connectivity index (χ1v) is 13.6. The normalized spacial score (nSPS) is 29.1. The van der Waals surface area contributed by atoms with E-state index in [1.807, 2.05) is 17.8 Å². The van der Waals surface area contributed by atoms with Gasteiger partial charge in [-0.3, -0.25) is 4.90 Å². The summed E-state index contributed by atoms with van der Waals surface area (Å²) in [5.74, 6) is 4.03. The molecule has 3 saturated heterocycles. The van der Waals surface area contributed by atoms with Crippen molar-refractivity contribution in [2.24, 2.45) is 5.92 Å². The van der Waals surface area contributed by atoms with E-state index in [4.69, 9.17) is 19.8 Å². The molecule has 1 N–H and O–H groups in total. The van der Waals surface area contributed by atoms with Gasteiger partial charge in [0.1, 0.15) is 11.6 Å². The summed E-state index contributed by atoms with van der Waals surface area (Å²) in [5.41, 5.74) is 3.86. The number of hydrogen-bond donors (Lipinski definition) is 1. The minimum atomic E-state index is -0.356. The van der Waals surface area contributed by atoms with Gasteiger partial charge in [-0.1, -0.05) is 0 Å². The predicted molar refractivity (Wildman–Crippen MR) is 139 cm³/mol. The van der Waals surface area contributed by atoms with E-state index in [2.05, 4.69) is 34.9 Å². The van der Waals surface area contributed by atoms with Crippen LogP contribution >= 0.6 is 0 Å². The van der Waals surface area contributed by atoms with Crippen molar-refractivity contribution in [2.45, 2.75) is 70.1 Å².